The minimum Gasteiger partial charge on any atom is -0.478 e. The van der Waals surface area contributed by atoms with Gasteiger partial charge in [-0.25, -0.2) is 19.4 Å². The van der Waals surface area contributed by atoms with Crippen LogP contribution in [-0.4, -0.2) is 73.7 Å². The van der Waals surface area contributed by atoms with Gasteiger partial charge in [-0.3, -0.25) is 9.52 Å². The zero-order valence-corrected chi connectivity index (χ0v) is 30.3. The van der Waals surface area contributed by atoms with Crippen molar-refractivity contribution in [3.05, 3.63) is 53.4 Å². The summed E-state index contributed by atoms with van der Waals surface area (Å²) < 4.78 is 60.3. The Kier molecular flexibility index (Phi) is 11.2. The van der Waals surface area contributed by atoms with Crippen LogP contribution in [0, 0.1) is 11.3 Å². The second-order valence-corrected chi connectivity index (χ2v) is 15.6. The summed E-state index contributed by atoms with van der Waals surface area (Å²) in [7, 11) is 0. The van der Waals surface area contributed by atoms with Gasteiger partial charge in [0.15, 0.2) is 5.82 Å². The van der Waals surface area contributed by atoms with Crippen molar-refractivity contribution in [2.75, 3.05) is 19.8 Å². The number of likely N-dealkylation sites (tertiary alicyclic amines) is 1. The van der Waals surface area contributed by atoms with Crippen molar-refractivity contribution in [2.45, 2.75) is 95.4 Å². The summed E-state index contributed by atoms with van der Waals surface area (Å²) in [5.74, 6) is 0.813. The molecular formula is C34H42ClF3N6O5S. The van der Waals surface area contributed by atoms with Gasteiger partial charge in [0.2, 0.25) is 11.8 Å². The number of nitrogens with zero attached hydrogens (tertiary/aromatic N) is 5. The van der Waals surface area contributed by atoms with Gasteiger partial charge in [0.25, 0.3) is 5.91 Å². The molecule has 4 heterocycles. The smallest absolute Gasteiger partial charge is 0.410 e. The Labute approximate surface area is 298 Å². The molecule has 1 aliphatic heterocycles. The Hall–Kier alpha value is -3.72. The number of alkyl halides is 3. The van der Waals surface area contributed by atoms with E-state index in [9.17, 15) is 22.8 Å². The number of rotatable bonds is 13. The Morgan fingerprint density at radius 1 is 1.06 bits per heavy atom. The van der Waals surface area contributed by atoms with Crippen LogP contribution in [0.3, 0.4) is 0 Å². The summed E-state index contributed by atoms with van der Waals surface area (Å²) >= 11 is 7.37. The molecule has 1 unspecified atom stereocenters. The number of pyridine rings is 2. The molecule has 3 aromatic heterocycles. The third kappa shape index (κ3) is 9.53. The number of amides is 2. The lowest BCUT2D eigenvalue weighted by molar-refractivity contribution is -0.190. The molecule has 1 atom stereocenters. The van der Waals surface area contributed by atoms with Crippen LogP contribution >= 0.6 is 23.5 Å². The van der Waals surface area contributed by atoms with Crippen LogP contribution in [0.2, 0.25) is 5.15 Å². The molecule has 0 radical (unpaired) electrons. The predicted molar refractivity (Wildman–Crippen MR) is 182 cm³/mol. The molecule has 11 nitrogen and oxygen atoms in total. The highest BCUT2D eigenvalue weighted by Gasteiger charge is 2.62. The molecule has 1 saturated heterocycles. The van der Waals surface area contributed by atoms with E-state index < -0.39 is 23.1 Å². The standard InChI is InChI=1S/C34H42ClF3N6O5S/c1-31(2,3)49-30(46)43-21-22(19-32(43,4)5)7-6-17-47-26-11-8-23(20-39-26)50-42-29(45)24-9-10-25(40-28(24)35)44-16-12-27(41-44)48-18-15-33(13-14-33)34(36,37)38/h8-12,16,20,22H,6-7,13-15,17-19,21H2,1-5H3,(H,42,45). The van der Waals surface area contributed by atoms with Crippen molar-refractivity contribution >= 4 is 35.5 Å². The quantitative estimate of drug-likeness (QED) is 0.105. The molecule has 1 saturated carbocycles. The van der Waals surface area contributed by atoms with Gasteiger partial charge in [-0.15, -0.1) is 5.10 Å². The van der Waals surface area contributed by atoms with Crippen LogP contribution < -0.4 is 14.2 Å². The fourth-order valence-electron chi connectivity index (χ4n) is 5.85. The number of halogens is 4. The number of hydrogen-bond acceptors (Lipinski definition) is 9. The van der Waals surface area contributed by atoms with Crippen molar-refractivity contribution in [1.29, 1.82) is 0 Å². The maximum absolute atomic E-state index is 13.1. The summed E-state index contributed by atoms with van der Waals surface area (Å²) in [4.78, 5) is 36.6. The average molecular weight is 739 g/mol. The molecule has 0 bridgehead atoms. The molecule has 272 valence electrons. The van der Waals surface area contributed by atoms with Crippen LogP contribution in [0.15, 0.2) is 47.6 Å². The van der Waals surface area contributed by atoms with Gasteiger partial charge in [-0.2, -0.15) is 13.2 Å². The molecule has 50 heavy (non-hydrogen) atoms. The van der Waals surface area contributed by atoms with Gasteiger partial charge in [0.05, 0.1) is 24.2 Å². The van der Waals surface area contributed by atoms with Crippen LogP contribution in [-0.2, 0) is 4.74 Å². The number of aromatic nitrogens is 4. The predicted octanol–water partition coefficient (Wildman–Crippen LogP) is 8.06. The van der Waals surface area contributed by atoms with Crippen LogP contribution in [0.5, 0.6) is 11.8 Å². The first-order chi connectivity index (χ1) is 23.4. The first-order valence-electron chi connectivity index (χ1n) is 16.4. The number of ether oxygens (including phenoxy) is 3. The third-order valence-corrected chi connectivity index (χ3v) is 9.77. The summed E-state index contributed by atoms with van der Waals surface area (Å²) in [6.45, 7) is 10.8. The van der Waals surface area contributed by atoms with E-state index in [1.807, 2.05) is 25.7 Å². The Bertz CT molecular complexity index is 1660. The number of carbonyl (C=O) groups is 2. The van der Waals surface area contributed by atoms with Crippen molar-refractivity contribution < 1.29 is 37.0 Å². The van der Waals surface area contributed by atoms with E-state index in [1.165, 1.54) is 23.0 Å². The molecule has 0 aromatic carbocycles. The van der Waals surface area contributed by atoms with E-state index in [2.05, 4.69) is 33.6 Å². The van der Waals surface area contributed by atoms with E-state index in [0.29, 0.717) is 35.7 Å². The number of hydrogen-bond donors (Lipinski definition) is 1. The van der Waals surface area contributed by atoms with E-state index >= 15 is 0 Å². The van der Waals surface area contributed by atoms with Crippen molar-refractivity contribution in [3.63, 3.8) is 0 Å². The van der Waals surface area contributed by atoms with Crippen molar-refractivity contribution in [1.82, 2.24) is 29.4 Å². The van der Waals surface area contributed by atoms with Crippen molar-refractivity contribution in [2.24, 2.45) is 11.3 Å². The molecule has 16 heteroatoms. The summed E-state index contributed by atoms with van der Waals surface area (Å²) in [5.41, 5.74) is -2.30. The van der Waals surface area contributed by atoms with Crippen molar-refractivity contribution in [3.8, 4) is 17.6 Å². The molecular weight excluding hydrogens is 697 g/mol. The zero-order valence-electron chi connectivity index (χ0n) is 28.7. The second kappa shape index (κ2) is 14.9. The molecule has 2 aliphatic rings. The zero-order chi connectivity index (χ0) is 36.3. The largest absolute Gasteiger partial charge is 0.478 e. The molecule has 1 aliphatic carbocycles. The lowest BCUT2D eigenvalue weighted by atomic mass is 9.93. The normalized spacial score (nSPS) is 18.1. The molecule has 0 spiro atoms. The minimum absolute atomic E-state index is 0.0555. The topological polar surface area (TPSA) is 121 Å². The highest BCUT2D eigenvalue weighted by Crippen LogP contribution is 2.59. The van der Waals surface area contributed by atoms with Crippen LogP contribution in [0.4, 0.5) is 18.0 Å². The fraction of sp³-hybridized carbons (Fsp3) is 0.559. The average Bonchev–Trinajstić information content (AvgIpc) is 3.57. The second-order valence-electron chi connectivity index (χ2n) is 14.3. The van der Waals surface area contributed by atoms with Gasteiger partial charge >= 0.3 is 12.3 Å². The third-order valence-electron chi connectivity index (χ3n) is 8.71. The molecule has 5 rings (SSSR count). The van der Waals surface area contributed by atoms with Gasteiger partial charge in [-0.1, -0.05) is 11.6 Å². The minimum atomic E-state index is -4.23. The van der Waals surface area contributed by atoms with E-state index in [1.54, 1.807) is 24.4 Å². The number of nitrogens with one attached hydrogen (secondary N) is 1. The maximum Gasteiger partial charge on any atom is 0.410 e. The van der Waals surface area contributed by atoms with Gasteiger partial charge < -0.3 is 19.1 Å². The number of carbonyl (C=O) groups excluding carboxylic acids is 2. The Balaban J connectivity index is 1.03. The monoisotopic (exact) mass is 738 g/mol. The lowest BCUT2D eigenvalue weighted by Crippen LogP contribution is -2.45. The first kappa shape index (κ1) is 37.5. The molecule has 3 aromatic rings. The molecule has 2 fully saturated rings. The summed E-state index contributed by atoms with van der Waals surface area (Å²) in [6.07, 6.45) is 1.36. The van der Waals surface area contributed by atoms with E-state index in [4.69, 9.17) is 25.8 Å². The summed E-state index contributed by atoms with van der Waals surface area (Å²) in [5, 5.41) is 4.14. The lowest BCUT2D eigenvalue weighted by Gasteiger charge is -2.33. The Morgan fingerprint density at radius 2 is 1.80 bits per heavy atom. The maximum atomic E-state index is 13.1. The molecule has 2 amide bonds. The highest BCUT2D eigenvalue weighted by atomic mass is 35.5. The first-order valence-corrected chi connectivity index (χ1v) is 17.6. The molecule has 1 N–H and O–H groups in total. The van der Waals surface area contributed by atoms with E-state index in [0.717, 1.165) is 31.2 Å². The van der Waals surface area contributed by atoms with Crippen LogP contribution in [0.25, 0.3) is 5.82 Å². The van der Waals surface area contributed by atoms with E-state index in [-0.39, 0.29) is 54.1 Å². The van der Waals surface area contributed by atoms with Gasteiger partial charge in [-0.05, 0) is 109 Å². The van der Waals surface area contributed by atoms with Crippen LogP contribution in [0.1, 0.15) is 83.5 Å². The highest BCUT2D eigenvalue weighted by molar-refractivity contribution is 7.98. The SMILES string of the molecule is CC(C)(C)OC(=O)N1CC(CCCOc2ccc(SNC(=O)c3ccc(-n4ccc(OCCC5(C(F)(F)F)CC5)n4)nc3Cl)cn2)CC1(C)C. The fourth-order valence-corrected chi connectivity index (χ4v) is 6.65. The summed E-state index contributed by atoms with van der Waals surface area (Å²) in [6, 6.07) is 8.07. The Morgan fingerprint density at radius 3 is 2.44 bits per heavy atom. The van der Waals surface area contributed by atoms with Gasteiger partial charge in [0, 0.05) is 41.5 Å². The van der Waals surface area contributed by atoms with Gasteiger partial charge in [0.1, 0.15) is 10.8 Å².